The zero-order valence-corrected chi connectivity index (χ0v) is 12.6. The van der Waals surface area contributed by atoms with Crippen LogP contribution in [0.3, 0.4) is 0 Å². The van der Waals surface area contributed by atoms with E-state index in [1.807, 2.05) is 12.3 Å². The third kappa shape index (κ3) is 2.63. The average molecular weight is 311 g/mol. The Morgan fingerprint density at radius 1 is 1.40 bits per heavy atom. The van der Waals surface area contributed by atoms with E-state index in [1.165, 1.54) is 17.3 Å². The highest BCUT2D eigenvalue weighted by molar-refractivity contribution is 7.99. The number of fused-ring (bicyclic) bond motifs is 1. The Balaban J connectivity index is 2.00. The highest BCUT2D eigenvalue weighted by Crippen LogP contribution is 2.26. The molecule has 1 atom stereocenters. The van der Waals surface area contributed by atoms with Crippen LogP contribution in [-0.4, -0.2) is 30.2 Å². The molecular weight excluding hydrogens is 296 g/mol. The number of hydrogen-bond donors (Lipinski definition) is 2. The van der Waals surface area contributed by atoms with E-state index in [0.29, 0.717) is 23.4 Å². The SMILES string of the molecule is CSC1N=C(N)NC(c2cc3c(cc2Cl)COCC3)=N1. The first-order valence-electron chi connectivity index (χ1n) is 6.27. The van der Waals surface area contributed by atoms with Crippen molar-refractivity contribution in [3.8, 4) is 0 Å². The fourth-order valence-electron chi connectivity index (χ4n) is 2.26. The molecule has 1 aromatic rings. The number of halogens is 1. The minimum absolute atomic E-state index is 0.221. The summed E-state index contributed by atoms with van der Waals surface area (Å²) >= 11 is 7.89. The van der Waals surface area contributed by atoms with Gasteiger partial charge in [-0.15, -0.1) is 11.8 Å². The lowest BCUT2D eigenvalue weighted by atomic mass is 9.99. The molecule has 7 heteroatoms. The van der Waals surface area contributed by atoms with Crippen molar-refractivity contribution in [2.24, 2.45) is 15.7 Å². The van der Waals surface area contributed by atoms with Crippen molar-refractivity contribution < 1.29 is 4.74 Å². The lowest BCUT2D eigenvalue weighted by molar-refractivity contribution is 0.111. The van der Waals surface area contributed by atoms with Crippen molar-refractivity contribution in [1.82, 2.24) is 5.32 Å². The third-order valence-electron chi connectivity index (χ3n) is 3.26. The van der Waals surface area contributed by atoms with E-state index in [2.05, 4.69) is 21.4 Å². The zero-order chi connectivity index (χ0) is 14.1. The summed E-state index contributed by atoms with van der Waals surface area (Å²) in [5.41, 5.74) is 8.84. The largest absolute Gasteiger partial charge is 0.376 e. The van der Waals surface area contributed by atoms with Gasteiger partial charge in [0.15, 0.2) is 11.5 Å². The number of nitrogens with one attached hydrogen (secondary N) is 1. The smallest absolute Gasteiger partial charge is 0.197 e. The Morgan fingerprint density at radius 3 is 3.05 bits per heavy atom. The van der Waals surface area contributed by atoms with Crippen molar-refractivity contribution in [2.45, 2.75) is 18.5 Å². The van der Waals surface area contributed by atoms with Crippen molar-refractivity contribution in [2.75, 3.05) is 12.9 Å². The van der Waals surface area contributed by atoms with E-state index in [-0.39, 0.29) is 5.50 Å². The number of ether oxygens (including phenoxy) is 1. The van der Waals surface area contributed by atoms with Crippen LogP contribution in [0.15, 0.2) is 22.1 Å². The molecule has 1 aromatic carbocycles. The first-order chi connectivity index (χ1) is 9.67. The molecule has 0 spiro atoms. The predicted molar refractivity (Wildman–Crippen MR) is 83.4 cm³/mol. The van der Waals surface area contributed by atoms with Gasteiger partial charge in [0.05, 0.1) is 18.2 Å². The number of thioether (sulfide) groups is 1. The van der Waals surface area contributed by atoms with Crippen LogP contribution in [0.2, 0.25) is 5.02 Å². The molecule has 0 aromatic heterocycles. The molecule has 0 bridgehead atoms. The molecule has 0 radical (unpaired) electrons. The normalized spacial score (nSPS) is 21.6. The number of nitrogens with two attached hydrogens (primary N) is 1. The molecular formula is C13H15ClN4OS. The Kier molecular flexibility index (Phi) is 3.87. The van der Waals surface area contributed by atoms with E-state index < -0.39 is 0 Å². The second-order valence-electron chi connectivity index (χ2n) is 4.58. The van der Waals surface area contributed by atoms with Gasteiger partial charge in [-0.05, 0) is 35.9 Å². The maximum atomic E-state index is 6.37. The quantitative estimate of drug-likeness (QED) is 0.872. The minimum atomic E-state index is -0.221. The molecule has 2 aliphatic rings. The average Bonchev–Trinajstić information content (AvgIpc) is 2.45. The summed E-state index contributed by atoms with van der Waals surface area (Å²) in [5.74, 6) is 1.04. The minimum Gasteiger partial charge on any atom is -0.376 e. The Morgan fingerprint density at radius 2 is 2.25 bits per heavy atom. The molecule has 0 fully saturated rings. The van der Waals surface area contributed by atoms with Crippen molar-refractivity contribution in [3.05, 3.63) is 33.8 Å². The van der Waals surface area contributed by atoms with Crippen LogP contribution >= 0.6 is 23.4 Å². The van der Waals surface area contributed by atoms with Crippen LogP contribution in [0, 0.1) is 0 Å². The van der Waals surface area contributed by atoms with E-state index in [4.69, 9.17) is 22.1 Å². The topological polar surface area (TPSA) is 72.0 Å². The molecule has 3 rings (SSSR count). The molecule has 2 aliphatic heterocycles. The van der Waals surface area contributed by atoms with Gasteiger partial charge in [-0.2, -0.15) is 0 Å². The molecule has 3 N–H and O–H groups in total. The molecule has 0 saturated carbocycles. The monoisotopic (exact) mass is 310 g/mol. The molecule has 0 amide bonds. The summed E-state index contributed by atoms with van der Waals surface area (Å²) in [7, 11) is 0. The summed E-state index contributed by atoms with van der Waals surface area (Å²) in [6.45, 7) is 1.36. The summed E-state index contributed by atoms with van der Waals surface area (Å²) in [6.07, 6.45) is 2.84. The van der Waals surface area contributed by atoms with E-state index in [1.54, 1.807) is 0 Å². The lowest BCUT2D eigenvalue weighted by Gasteiger charge is -2.22. The molecule has 106 valence electrons. The van der Waals surface area contributed by atoms with Gasteiger partial charge in [-0.25, -0.2) is 9.98 Å². The highest BCUT2D eigenvalue weighted by Gasteiger charge is 2.20. The van der Waals surface area contributed by atoms with Crippen LogP contribution in [0.5, 0.6) is 0 Å². The fourth-order valence-corrected chi connectivity index (χ4v) is 2.96. The Bertz CT molecular complexity index is 602. The van der Waals surface area contributed by atoms with Gasteiger partial charge < -0.3 is 15.8 Å². The number of guanidine groups is 1. The van der Waals surface area contributed by atoms with Gasteiger partial charge in [0, 0.05) is 5.56 Å². The second-order valence-corrected chi connectivity index (χ2v) is 5.88. The Labute approximate surface area is 126 Å². The number of nitrogens with zero attached hydrogens (tertiary/aromatic N) is 2. The molecule has 20 heavy (non-hydrogen) atoms. The van der Waals surface area contributed by atoms with Gasteiger partial charge in [0.1, 0.15) is 5.84 Å². The molecule has 0 aliphatic carbocycles. The first-order valence-corrected chi connectivity index (χ1v) is 7.94. The summed E-state index contributed by atoms with van der Waals surface area (Å²) in [5, 5.41) is 3.64. The summed E-state index contributed by atoms with van der Waals surface area (Å²) < 4.78 is 5.44. The summed E-state index contributed by atoms with van der Waals surface area (Å²) in [4.78, 5) is 8.71. The molecule has 2 heterocycles. The predicted octanol–water partition coefficient (Wildman–Crippen LogP) is 1.72. The maximum absolute atomic E-state index is 6.37. The van der Waals surface area contributed by atoms with Gasteiger partial charge in [0.25, 0.3) is 0 Å². The van der Waals surface area contributed by atoms with E-state index in [0.717, 1.165) is 24.2 Å². The number of aliphatic imine (C=N–C) groups is 2. The van der Waals surface area contributed by atoms with Crippen molar-refractivity contribution >= 4 is 35.2 Å². The molecule has 1 unspecified atom stereocenters. The van der Waals surface area contributed by atoms with Crippen LogP contribution in [-0.2, 0) is 17.8 Å². The first kappa shape index (κ1) is 13.7. The zero-order valence-electron chi connectivity index (χ0n) is 11.0. The number of rotatable bonds is 2. The highest BCUT2D eigenvalue weighted by atomic mass is 35.5. The number of hydrogen-bond acceptors (Lipinski definition) is 6. The van der Waals surface area contributed by atoms with Gasteiger partial charge in [-0.1, -0.05) is 11.6 Å². The van der Waals surface area contributed by atoms with Gasteiger partial charge in [-0.3, -0.25) is 0 Å². The fraction of sp³-hybridized carbons (Fsp3) is 0.385. The lowest BCUT2D eigenvalue weighted by Crippen LogP contribution is -2.41. The van der Waals surface area contributed by atoms with Crippen molar-refractivity contribution in [3.63, 3.8) is 0 Å². The van der Waals surface area contributed by atoms with Gasteiger partial charge in [0.2, 0.25) is 0 Å². The second kappa shape index (κ2) is 5.63. The van der Waals surface area contributed by atoms with E-state index in [9.17, 15) is 0 Å². The molecule has 0 saturated heterocycles. The van der Waals surface area contributed by atoms with Crippen LogP contribution in [0.1, 0.15) is 16.7 Å². The van der Waals surface area contributed by atoms with Crippen LogP contribution < -0.4 is 11.1 Å². The number of benzene rings is 1. The number of amidine groups is 1. The van der Waals surface area contributed by atoms with E-state index >= 15 is 0 Å². The summed E-state index contributed by atoms with van der Waals surface area (Å²) in [6, 6.07) is 4.02. The van der Waals surface area contributed by atoms with Crippen molar-refractivity contribution in [1.29, 1.82) is 0 Å². The van der Waals surface area contributed by atoms with Gasteiger partial charge >= 0.3 is 0 Å². The van der Waals surface area contributed by atoms with Crippen LogP contribution in [0.25, 0.3) is 0 Å². The molecule has 5 nitrogen and oxygen atoms in total. The maximum Gasteiger partial charge on any atom is 0.197 e. The standard InChI is InChI=1S/C13H15ClN4OS/c1-20-13-17-11(16-12(15)18-13)9-4-7-2-3-19-6-8(7)5-10(9)14/h4-5,13H,2-3,6H2,1H3,(H3,15,16,17,18). The Hall–Kier alpha value is -1.24. The third-order valence-corrected chi connectivity index (χ3v) is 4.21. The van der Waals surface area contributed by atoms with Crippen LogP contribution in [0.4, 0.5) is 0 Å².